The summed E-state index contributed by atoms with van der Waals surface area (Å²) in [5.74, 6) is 1.49. The van der Waals surface area contributed by atoms with Crippen LogP contribution in [0.4, 0.5) is 8.78 Å². The molecular formula is C40H42F2N6O3S. The quantitative estimate of drug-likeness (QED) is 0.178. The van der Waals surface area contributed by atoms with Gasteiger partial charge < -0.3 is 14.5 Å². The number of nitrogens with one attached hydrogen (secondary N) is 1. The Morgan fingerprint density at radius 2 is 1.92 bits per heavy atom. The fourth-order valence-electron chi connectivity index (χ4n) is 6.78. The standard InChI is InChI=1S/C40H42F2N6O3S/c1-6-50-35(49)13-10-25-8-7-9-26(18-25)40(4)15-17-52-24-39(2,3)27-21-44-48(22-27)23-31-29-14-16-43-34(29)20-33(42)36(31)51-28-11-12-32(41)30(19-28)37-45-38(40)46-47(37)5/h7-9,11-12,14,16,18-22,43H,6,10,13,15,17,23-24H2,1-5H3. The van der Waals surface area contributed by atoms with Crippen LogP contribution in [0, 0.1) is 11.6 Å². The van der Waals surface area contributed by atoms with Gasteiger partial charge in [0.05, 0.1) is 30.3 Å². The number of fused-ring (bicyclic) bond motifs is 10. The molecule has 1 aliphatic heterocycles. The van der Waals surface area contributed by atoms with Gasteiger partial charge in [-0.25, -0.2) is 18.4 Å². The Hall–Kier alpha value is -4.97. The number of aromatic nitrogens is 6. The molecule has 1 unspecified atom stereocenters. The lowest BCUT2D eigenvalue weighted by molar-refractivity contribution is -0.143. The van der Waals surface area contributed by atoms with Crippen molar-refractivity contribution in [2.24, 2.45) is 7.05 Å². The summed E-state index contributed by atoms with van der Waals surface area (Å²) in [4.78, 5) is 20.3. The molecule has 6 aromatic rings. The molecule has 1 atom stereocenters. The number of ether oxygens (including phenoxy) is 2. The molecule has 1 aliphatic rings. The second-order valence-corrected chi connectivity index (χ2v) is 15.3. The smallest absolute Gasteiger partial charge is 0.306 e. The topological polar surface area (TPSA) is 99.8 Å². The van der Waals surface area contributed by atoms with E-state index in [1.807, 2.05) is 47.0 Å². The number of thioether (sulfide) groups is 1. The van der Waals surface area contributed by atoms with Crippen molar-refractivity contribution in [2.75, 3.05) is 18.1 Å². The summed E-state index contributed by atoms with van der Waals surface area (Å²) in [7, 11) is 1.74. The maximum Gasteiger partial charge on any atom is 0.306 e. The van der Waals surface area contributed by atoms with E-state index in [0.29, 0.717) is 42.2 Å². The molecule has 0 spiro atoms. The third kappa shape index (κ3) is 6.96. The predicted molar refractivity (Wildman–Crippen MR) is 199 cm³/mol. The highest BCUT2D eigenvalue weighted by molar-refractivity contribution is 7.99. The van der Waals surface area contributed by atoms with Crippen molar-refractivity contribution in [1.82, 2.24) is 29.5 Å². The highest BCUT2D eigenvalue weighted by Crippen LogP contribution is 2.40. The molecule has 6 bridgehead atoms. The van der Waals surface area contributed by atoms with Crippen LogP contribution in [-0.4, -0.2) is 53.6 Å². The number of aromatic amines is 1. The number of halogens is 2. The number of carbonyl (C=O) groups excluding carboxylic acids is 1. The molecule has 7 rings (SSSR count). The van der Waals surface area contributed by atoms with Crippen LogP contribution in [0.5, 0.6) is 11.5 Å². The Kier molecular flexibility index (Phi) is 9.69. The summed E-state index contributed by atoms with van der Waals surface area (Å²) in [6, 6.07) is 15.8. The first kappa shape index (κ1) is 35.4. The highest BCUT2D eigenvalue weighted by Gasteiger charge is 2.35. The van der Waals surface area contributed by atoms with Crippen LogP contribution in [0.25, 0.3) is 22.3 Å². The summed E-state index contributed by atoms with van der Waals surface area (Å²) in [5.41, 5.74) is 3.63. The van der Waals surface area contributed by atoms with Gasteiger partial charge in [0.25, 0.3) is 0 Å². The zero-order valence-electron chi connectivity index (χ0n) is 30.0. The molecule has 0 aliphatic carbocycles. The minimum Gasteiger partial charge on any atom is -0.466 e. The number of esters is 1. The number of carbonyl (C=O) groups is 1. The molecule has 0 amide bonds. The Morgan fingerprint density at radius 1 is 1.08 bits per heavy atom. The van der Waals surface area contributed by atoms with Crippen LogP contribution in [0.15, 0.2) is 73.2 Å². The normalized spacial score (nSPS) is 17.4. The molecule has 1 N–H and O–H groups in total. The lowest BCUT2D eigenvalue weighted by Gasteiger charge is -2.29. The van der Waals surface area contributed by atoms with E-state index in [4.69, 9.17) is 19.6 Å². The molecule has 0 saturated heterocycles. The molecule has 3 aromatic carbocycles. The third-order valence-corrected chi connectivity index (χ3v) is 11.4. The molecule has 9 nitrogen and oxygen atoms in total. The first-order valence-corrected chi connectivity index (χ1v) is 18.6. The highest BCUT2D eigenvalue weighted by atomic mass is 32.2. The first-order valence-electron chi connectivity index (χ1n) is 17.5. The minimum atomic E-state index is -0.657. The summed E-state index contributed by atoms with van der Waals surface area (Å²) >= 11 is 1.84. The van der Waals surface area contributed by atoms with Crippen molar-refractivity contribution >= 4 is 28.6 Å². The SMILES string of the molecule is CCOC(=O)CCc1cccc(C2(C)CCSCC(C)(C)c3cnn(c3)Cc3c(c(F)cc4[nH]ccc34)Oc3ccc(F)c(c3)-c3nc2nn3C)c1. The third-order valence-electron chi connectivity index (χ3n) is 9.95. The number of benzene rings is 3. The fraction of sp³-hybridized carbons (Fsp3) is 0.350. The molecule has 52 heavy (non-hydrogen) atoms. The van der Waals surface area contributed by atoms with Crippen molar-refractivity contribution in [3.05, 3.63) is 113 Å². The summed E-state index contributed by atoms with van der Waals surface area (Å²) < 4.78 is 46.4. The monoisotopic (exact) mass is 724 g/mol. The molecule has 270 valence electrons. The lowest BCUT2D eigenvalue weighted by atomic mass is 9.78. The van der Waals surface area contributed by atoms with Crippen molar-refractivity contribution in [2.45, 2.75) is 64.3 Å². The largest absolute Gasteiger partial charge is 0.466 e. The van der Waals surface area contributed by atoms with Gasteiger partial charge in [-0.15, -0.1) is 0 Å². The molecule has 3 aromatic heterocycles. The Labute approximate surface area is 305 Å². The van der Waals surface area contributed by atoms with Crippen LogP contribution >= 0.6 is 11.8 Å². The van der Waals surface area contributed by atoms with Crippen molar-refractivity contribution in [3.8, 4) is 22.9 Å². The second kappa shape index (κ2) is 14.2. The van der Waals surface area contributed by atoms with Gasteiger partial charge in [-0.2, -0.15) is 22.0 Å². The fourth-order valence-corrected chi connectivity index (χ4v) is 8.16. The molecular weight excluding hydrogens is 683 g/mol. The van der Waals surface area contributed by atoms with E-state index >= 15 is 8.78 Å². The predicted octanol–water partition coefficient (Wildman–Crippen LogP) is 8.49. The van der Waals surface area contributed by atoms with Crippen molar-refractivity contribution in [1.29, 1.82) is 0 Å². The second-order valence-electron chi connectivity index (χ2n) is 14.2. The molecule has 0 radical (unpaired) electrons. The summed E-state index contributed by atoms with van der Waals surface area (Å²) in [5, 5.41) is 10.4. The van der Waals surface area contributed by atoms with E-state index < -0.39 is 17.0 Å². The number of H-pyrrole nitrogens is 1. The van der Waals surface area contributed by atoms with Crippen LogP contribution < -0.4 is 4.74 Å². The van der Waals surface area contributed by atoms with Crippen LogP contribution in [-0.2, 0) is 40.4 Å². The zero-order chi connectivity index (χ0) is 36.6. The van der Waals surface area contributed by atoms with Gasteiger partial charge in [-0.05, 0) is 73.4 Å². The Morgan fingerprint density at radius 3 is 2.75 bits per heavy atom. The lowest BCUT2D eigenvalue weighted by Crippen LogP contribution is -2.27. The van der Waals surface area contributed by atoms with Crippen LogP contribution in [0.3, 0.4) is 0 Å². The molecule has 12 heteroatoms. The summed E-state index contributed by atoms with van der Waals surface area (Å²) in [6.07, 6.45) is 7.18. The van der Waals surface area contributed by atoms with Gasteiger partial charge in [0.15, 0.2) is 23.2 Å². The Balaban J connectivity index is 1.34. The van der Waals surface area contributed by atoms with E-state index in [1.165, 1.54) is 18.2 Å². The first-order chi connectivity index (χ1) is 24.9. The van der Waals surface area contributed by atoms with Gasteiger partial charge in [-0.3, -0.25) is 9.48 Å². The number of rotatable bonds is 5. The van der Waals surface area contributed by atoms with Gasteiger partial charge >= 0.3 is 5.97 Å². The number of hydrogen-bond acceptors (Lipinski definition) is 7. The maximum atomic E-state index is 15.9. The van der Waals surface area contributed by atoms with E-state index in [9.17, 15) is 4.79 Å². The van der Waals surface area contributed by atoms with E-state index in [1.54, 1.807) is 30.9 Å². The van der Waals surface area contributed by atoms with Gasteiger partial charge in [0.2, 0.25) is 0 Å². The molecule has 4 heterocycles. The van der Waals surface area contributed by atoms with Crippen molar-refractivity contribution < 1.29 is 23.0 Å². The molecule has 0 saturated carbocycles. The van der Waals surface area contributed by atoms with E-state index in [-0.39, 0.29) is 41.4 Å². The van der Waals surface area contributed by atoms with Crippen LogP contribution in [0.2, 0.25) is 0 Å². The maximum absolute atomic E-state index is 15.9. The van der Waals surface area contributed by atoms with Gasteiger partial charge in [0, 0.05) is 59.6 Å². The van der Waals surface area contributed by atoms with Gasteiger partial charge in [-0.1, -0.05) is 38.1 Å². The van der Waals surface area contributed by atoms with Gasteiger partial charge in [0.1, 0.15) is 11.6 Å². The van der Waals surface area contributed by atoms with Crippen LogP contribution in [0.1, 0.15) is 68.6 Å². The van der Waals surface area contributed by atoms with E-state index in [0.717, 1.165) is 33.6 Å². The number of hydrogen-bond donors (Lipinski definition) is 1. The Bertz CT molecular complexity index is 2260. The average Bonchev–Trinajstić information content (AvgIpc) is 3.89. The average molecular weight is 725 g/mol. The van der Waals surface area contributed by atoms with Crippen molar-refractivity contribution in [3.63, 3.8) is 0 Å². The minimum absolute atomic E-state index is 0.0449. The van der Waals surface area contributed by atoms with E-state index in [2.05, 4.69) is 43.0 Å². The number of nitrogens with zero attached hydrogens (tertiary/aromatic N) is 5. The summed E-state index contributed by atoms with van der Waals surface area (Å²) in [6.45, 7) is 8.93. The number of aryl methyl sites for hydroxylation is 2. The zero-order valence-corrected chi connectivity index (χ0v) is 30.8. The molecule has 0 fully saturated rings.